The lowest BCUT2D eigenvalue weighted by molar-refractivity contribution is -0.126. The maximum Gasteiger partial charge on any atom is 0.268 e. The summed E-state index contributed by atoms with van der Waals surface area (Å²) in [5.74, 6) is 0.673. The van der Waals surface area contributed by atoms with Crippen LogP contribution >= 0.6 is 11.6 Å². The number of benzene rings is 1. The van der Waals surface area contributed by atoms with E-state index in [1.165, 1.54) is 0 Å². The Kier molecular flexibility index (Phi) is 4.29. The zero-order valence-electron chi connectivity index (χ0n) is 12.3. The molecule has 1 unspecified atom stereocenters. The molecule has 4 nitrogen and oxygen atoms in total. The summed E-state index contributed by atoms with van der Waals surface area (Å²) in [4.78, 5) is 18.6. The summed E-state index contributed by atoms with van der Waals surface area (Å²) in [6.45, 7) is 2.50. The summed E-state index contributed by atoms with van der Waals surface area (Å²) >= 11 is 6.08. The fourth-order valence-corrected chi connectivity index (χ4v) is 2.75. The third kappa shape index (κ3) is 2.92. The third-order valence-corrected chi connectivity index (χ3v) is 3.87. The second-order valence-corrected chi connectivity index (χ2v) is 5.73. The van der Waals surface area contributed by atoms with E-state index >= 15 is 0 Å². The van der Waals surface area contributed by atoms with Crippen LogP contribution in [0.1, 0.15) is 25.3 Å². The summed E-state index contributed by atoms with van der Waals surface area (Å²) in [5.41, 5.74) is 1.69. The molecule has 0 N–H and O–H groups in total. The van der Waals surface area contributed by atoms with E-state index in [1.54, 1.807) is 29.4 Å². The first kappa shape index (κ1) is 14.9. The van der Waals surface area contributed by atoms with Gasteiger partial charge in [-0.05, 0) is 36.2 Å². The third-order valence-electron chi connectivity index (χ3n) is 3.64. The van der Waals surface area contributed by atoms with Crippen LogP contribution in [0.5, 0.6) is 5.75 Å². The van der Waals surface area contributed by atoms with Crippen molar-refractivity contribution in [2.75, 3.05) is 4.90 Å². The molecule has 0 saturated carbocycles. The molecule has 2 aromatic rings. The Bertz CT molecular complexity index is 676. The van der Waals surface area contributed by atoms with Crippen molar-refractivity contribution in [1.29, 1.82) is 0 Å². The van der Waals surface area contributed by atoms with Gasteiger partial charge in [0.1, 0.15) is 5.75 Å². The fraction of sp³-hybridized carbons (Fsp3) is 0.294. The molecule has 0 radical (unpaired) electrons. The van der Waals surface area contributed by atoms with Gasteiger partial charge in [-0.2, -0.15) is 0 Å². The van der Waals surface area contributed by atoms with Crippen LogP contribution in [0.3, 0.4) is 0 Å². The van der Waals surface area contributed by atoms with Crippen molar-refractivity contribution >= 4 is 23.2 Å². The van der Waals surface area contributed by atoms with Gasteiger partial charge >= 0.3 is 0 Å². The molecule has 0 fully saturated rings. The van der Waals surface area contributed by atoms with Gasteiger partial charge in [-0.25, -0.2) is 0 Å². The molecule has 1 amide bonds. The van der Waals surface area contributed by atoms with E-state index in [-0.39, 0.29) is 5.91 Å². The van der Waals surface area contributed by atoms with E-state index in [4.69, 9.17) is 16.3 Å². The molecular formula is C17H17ClN2O2. The standard InChI is InChI=1S/C17H17ClN2O2/c1-2-4-16-17(21)20(11-12-5-3-8-19-10-12)14-9-13(18)6-7-15(14)22-16/h3,5-10,16H,2,4,11H2,1H3. The van der Waals surface area contributed by atoms with Crippen molar-refractivity contribution in [1.82, 2.24) is 4.98 Å². The van der Waals surface area contributed by atoms with Crippen LogP contribution in [0, 0.1) is 0 Å². The number of pyridine rings is 1. The molecule has 114 valence electrons. The number of aromatic nitrogens is 1. The minimum Gasteiger partial charge on any atom is -0.478 e. The molecule has 1 aromatic carbocycles. The van der Waals surface area contributed by atoms with Crippen molar-refractivity contribution in [2.45, 2.75) is 32.4 Å². The fourth-order valence-electron chi connectivity index (χ4n) is 2.58. The summed E-state index contributed by atoms with van der Waals surface area (Å²) < 4.78 is 5.84. The lowest BCUT2D eigenvalue weighted by atomic mass is 10.1. The number of halogens is 1. The molecule has 0 spiro atoms. The van der Waals surface area contributed by atoms with Gasteiger partial charge in [-0.15, -0.1) is 0 Å². The summed E-state index contributed by atoms with van der Waals surface area (Å²) in [7, 11) is 0. The quantitative estimate of drug-likeness (QED) is 0.861. The number of hydrogen-bond donors (Lipinski definition) is 0. The zero-order chi connectivity index (χ0) is 15.5. The Morgan fingerprint density at radius 3 is 2.95 bits per heavy atom. The number of carbonyl (C=O) groups excluding carboxylic acids is 1. The summed E-state index contributed by atoms with van der Waals surface area (Å²) in [5, 5.41) is 0.584. The van der Waals surface area contributed by atoms with Gasteiger partial charge < -0.3 is 9.64 Å². The SMILES string of the molecule is CCCC1Oc2ccc(Cl)cc2N(Cc2cccnc2)C1=O. The molecule has 0 aliphatic carbocycles. The highest BCUT2D eigenvalue weighted by molar-refractivity contribution is 6.31. The van der Waals surface area contributed by atoms with Crippen LogP contribution in [0.4, 0.5) is 5.69 Å². The van der Waals surface area contributed by atoms with E-state index in [1.807, 2.05) is 25.1 Å². The van der Waals surface area contributed by atoms with Crippen LogP contribution in [0.25, 0.3) is 0 Å². The zero-order valence-corrected chi connectivity index (χ0v) is 13.1. The maximum absolute atomic E-state index is 12.7. The van der Waals surface area contributed by atoms with Gasteiger partial charge in [0.05, 0.1) is 12.2 Å². The predicted molar refractivity (Wildman–Crippen MR) is 86.2 cm³/mol. The Morgan fingerprint density at radius 2 is 2.23 bits per heavy atom. The van der Waals surface area contributed by atoms with Crippen LogP contribution in [-0.2, 0) is 11.3 Å². The molecule has 1 aliphatic rings. The monoisotopic (exact) mass is 316 g/mol. The first-order valence-electron chi connectivity index (χ1n) is 7.35. The first-order chi connectivity index (χ1) is 10.7. The average molecular weight is 317 g/mol. The summed E-state index contributed by atoms with van der Waals surface area (Å²) in [6.07, 6.45) is 4.64. The number of carbonyl (C=O) groups is 1. The van der Waals surface area contributed by atoms with E-state index in [0.29, 0.717) is 29.4 Å². The highest BCUT2D eigenvalue weighted by Crippen LogP contribution is 2.37. The van der Waals surface area contributed by atoms with Gasteiger partial charge in [0.2, 0.25) is 0 Å². The topological polar surface area (TPSA) is 42.4 Å². The van der Waals surface area contributed by atoms with Crippen LogP contribution in [-0.4, -0.2) is 17.0 Å². The number of fused-ring (bicyclic) bond motifs is 1. The number of anilines is 1. The maximum atomic E-state index is 12.7. The Labute approximate surface area is 134 Å². The Balaban J connectivity index is 1.98. The van der Waals surface area contributed by atoms with Crippen molar-refractivity contribution < 1.29 is 9.53 Å². The molecule has 1 aromatic heterocycles. The largest absolute Gasteiger partial charge is 0.478 e. The Morgan fingerprint density at radius 1 is 1.36 bits per heavy atom. The van der Waals surface area contributed by atoms with Gasteiger partial charge in [0, 0.05) is 17.4 Å². The smallest absolute Gasteiger partial charge is 0.268 e. The predicted octanol–water partition coefficient (Wildman–Crippen LogP) is 3.83. The van der Waals surface area contributed by atoms with Gasteiger partial charge in [0.25, 0.3) is 5.91 Å². The second-order valence-electron chi connectivity index (χ2n) is 5.29. The molecule has 0 saturated heterocycles. The van der Waals surface area contributed by atoms with E-state index in [9.17, 15) is 4.79 Å². The average Bonchev–Trinajstić information content (AvgIpc) is 2.53. The molecule has 5 heteroatoms. The van der Waals surface area contributed by atoms with Gasteiger partial charge in [-0.1, -0.05) is 31.0 Å². The minimum absolute atomic E-state index is 0.0273. The number of nitrogens with zero attached hydrogens (tertiary/aromatic N) is 2. The van der Waals surface area contributed by atoms with Gasteiger partial charge in [0.15, 0.2) is 6.10 Å². The molecule has 22 heavy (non-hydrogen) atoms. The van der Waals surface area contributed by atoms with E-state index in [2.05, 4.69) is 4.98 Å². The lowest BCUT2D eigenvalue weighted by Crippen LogP contribution is -2.45. The summed E-state index contributed by atoms with van der Waals surface area (Å²) in [6, 6.07) is 9.19. The van der Waals surface area contributed by atoms with E-state index in [0.717, 1.165) is 12.0 Å². The molecule has 1 atom stereocenters. The first-order valence-corrected chi connectivity index (χ1v) is 7.73. The highest BCUT2D eigenvalue weighted by Gasteiger charge is 2.33. The molecule has 0 bridgehead atoms. The Hall–Kier alpha value is -2.07. The number of rotatable bonds is 4. The van der Waals surface area contributed by atoms with Crippen molar-refractivity contribution in [2.24, 2.45) is 0 Å². The van der Waals surface area contributed by atoms with Crippen molar-refractivity contribution in [3.63, 3.8) is 0 Å². The molecule has 3 rings (SSSR count). The normalized spacial score (nSPS) is 17.1. The number of amides is 1. The molecule has 1 aliphatic heterocycles. The lowest BCUT2D eigenvalue weighted by Gasteiger charge is -2.34. The van der Waals surface area contributed by atoms with Crippen molar-refractivity contribution in [3.8, 4) is 5.75 Å². The van der Waals surface area contributed by atoms with E-state index < -0.39 is 6.10 Å². The highest BCUT2D eigenvalue weighted by atomic mass is 35.5. The number of hydrogen-bond acceptors (Lipinski definition) is 3. The van der Waals surface area contributed by atoms with Crippen LogP contribution < -0.4 is 9.64 Å². The molecular weight excluding hydrogens is 300 g/mol. The molecule has 2 heterocycles. The van der Waals surface area contributed by atoms with Gasteiger partial charge in [-0.3, -0.25) is 9.78 Å². The minimum atomic E-state index is -0.435. The van der Waals surface area contributed by atoms with Crippen LogP contribution in [0.2, 0.25) is 5.02 Å². The van der Waals surface area contributed by atoms with Crippen molar-refractivity contribution in [3.05, 3.63) is 53.3 Å². The second kappa shape index (κ2) is 6.36. The van der Waals surface area contributed by atoms with Crippen LogP contribution in [0.15, 0.2) is 42.7 Å². The number of ether oxygens (including phenoxy) is 1.